The largest absolute Gasteiger partial charge is 0.480 e. The molecule has 0 aliphatic heterocycles. The molecule has 1 heterocycles. The van der Waals surface area contributed by atoms with E-state index in [9.17, 15) is 9.59 Å². The van der Waals surface area contributed by atoms with Crippen LogP contribution in [0.1, 0.15) is 18.4 Å². The number of hydrogen-bond acceptors (Lipinski definition) is 2. The van der Waals surface area contributed by atoms with Crippen LogP contribution in [0.2, 0.25) is 0 Å². The second-order valence-corrected chi connectivity index (χ2v) is 4.86. The number of rotatable bonds is 6. The molecule has 0 spiro atoms. The summed E-state index contributed by atoms with van der Waals surface area (Å²) in [5.41, 5.74) is 2.28. The predicted molar refractivity (Wildman–Crippen MR) is 76.5 cm³/mol. The number of carbonyl (C=O) groups is 2. The Morgan fingerprint density at radius 3 is 2.80 bits per heavy atom. The predicted octanol–water partition coefficient (Wildman–Crippen LogP) is 2.03. The standard InChI is InChI=1S/C15H18N2O3/c1-17(10-15(19)20)14(18)8-4-5-11-9-16-13-7-3-2-6-12(11)13/h2-3,6-7,9,16H,4-5,8,10H2,1H3,(H,19,20). The van der Waals surface area contributed by atoms with E-state index in [4.69, 9.17) is 5.11 Å². The zero-order valence-electron chi connectivity index (χ0n) is 11.4. The lowest BCUT2D eigenvalue weighted by Crippen LogP contribution is -2.31. The van der Waals surface area contributed by atoms with Crippen molar-refractivity contribution in [3.8, 4) is 0 Å². The van der Waals surface area contributed by atoms with Crippen molar-refractivity contribution in [2.24, 2.45) is 0 Å². The number of H-pyrrole nitrogens is 1. The second-order valence-electron chi connectivity index (χ2n) is 4.86. The topological polar surface area (TPSA) is 73.4 Å². The summed E-state index contributed by atoms with van der Waals surface area (Å²) in [6.45, 7) is -0.244. The second kappa shape index (κ2) is 6.23. The number of carboxylic acids is 1. The van der Waals surface area contributed by atoms with Gasteiger partial charge in [0.25, 0.3) is 0 Å². The number of nitrogens with one attached hydrogen (secondary N) is 1. The van der Waals surface area contributed by atoms with Crippen LogP contribution in [-0.4, -0.2) is 40.5 Å². The molecule has 0 aliphatic carbocycles. The van der Waals surface area contributed by atoms with E-state index in [1.165, 1.54) is 22.9 Å². The van der Waals surface area contributed by atoms with Gasteiger partial charge in [-0.3, -0.25) is 9.59 Å². The highest BCUT2D eigenvalue weighted by molar-refractivity contribution is 5.83. The van der Waals surface area contributed by atoms with Crippen LogP contribution in [0.15, 0.2) is 30.5 Å². The Balaban J connectivity index is 1.87. The van der Waals surface area contributed by atoms with Gasteiger partial charge in [-0.05, 0) is 24.5 Å². The lowest BCUT2D eigenvalue weighted by Gasteiger charge is -2.14. The van der Waals surface area contributed by atoms with E-state index in [0.29, 0.717) is 12.8 Å². The minimum Gasteiger partial charge on any atom is -0.480 e. The minimum absolute atomic E-state index is 0.132. The fourth-order valence-electron chi connectivity index (χ4n) is 2.25. The van der Waals surface area contributed by atoms with Gasteiger partial charge in [0.2, 0.25) is 5.91 Å². The van der Waals surface area contributed by atoms with Crippen molar-refractivity contribution in [2.45, 2.75) is 19.3 Å². The number of aromatic amines is 1. The SMILES string of the molecule is CN(CC(=O)O)C(=O)CCCc1c[nH]c2ccccc12. The van der Waals surface area contributed by atoms with E-state index in [1.54, 1.807) is 0 Å². The van der Waals surface area contributed by atoms with E-state index >= 15 is 0 Å². The van der Waals surface area contributed by atoms with Gasteiger partial charge in [-0.15, -0.1) is 0 Å². The first-order valence-corrected chi connectivity index (χ1v) is 6.58. The molecule has 0 fully saturated rings. The van der Waals surface area contributed by atoms with Crippen LogP contribution in [-0.2, 0) is 16.0 Å². The summed E-state index contributed by atoms with van der Waals surface area (Å²) in [5.74, 6) is -1.12. The number of fused-ring (bicyclic) bond motifs is 1. The van der Waals surface area contributed by atoms with Gasteiger partial charge < -0.3 is 15.0 Å². The zero-order valence-corrected chi connectivity index (χ0v) is 11.4. The van der Waals surface area contributed by atoms with Gasteiger partial charge in [0.1, 0.15) is 6.54 Å². The molecule has 0 aliphatic rings. The highest BCUT2D eigenvalue weighted by Crippen LogP contribution is 2.19. The van der Waals surface area contributed by atoms with Crippen molar-refractivity contribution in [1.29, 1.82) is 0 Å². The maximum Gasteiger partial charge on any atom is 0.323 e. The smallest absolute Gasteiger partial charge is 0.323 e. The molecule has 2 aromatic rings. The third-order valence-electron chi connectivity index (χ3n) is 3.31. The molecule has 1 aromatic heterocycles. The van der Waals surface area contributed by atoms with Crippen molar-refractivity contribution in [3.05, 3.63) is 36.0 Å². The number of carbonyl (C=O) groups excluding carboxylic acids is 1. The third kappa shape index (κ3) is 3.38. The molecular formula is C15H18N2O3. The maximum absolute atomic E-state index is 11.7. The van der Waals surface area contributed by atoms with Crippen molar-refractivity contribution in [1.82, 2.24) is 9.88 Å². The number of benzene rings is 1. The fourth-order valence-corrected chi connectivity index (χ4v) is 2.25. The number of aliphatic carboxylic acids is 1. The number of likely N-dealkylation sites (N-methyl/N-ethyl adjacent to an activating group) is 1. The number of amides is 1. The lowest BCUT2D eigenvalue weighted by molar-refractivity contribution is -0.143. The van der Waals surface area contributed by atoms with E-state index in [1.807, 2.05) is 24.4 Å². The van der Waals surface area contributed by atoms with E-state index in [2.05, 4.69) is 11.1 Å². The summed E-state index contributed by atoms with van der Waals surface area (Å²) in [7, 11) is 1.52. The molecule has 1 aromatic carbocycles. The van der Waals surface area contributed by atoms with Crippen LogP contribution in [0.3, 0.4) is 0 Å². The highest BCUT2D eigenvalue weighted by Gasteiger charge is 2.12. The van der Waals surface area contributed by atoms with Crippen LogP contribution < -0.4 is 0 Å². The van der Waals surface area contributed by atoms with Crippen molar-refractivity contribution in [3.63, 3.8) is 0 Å². The summed E-state index contributed by atoms with van der Waals surface area (Å²) >= 11 is 0. The molecular weight excluding hydrogens is 256 g/mol. The zero-order chi connectivity index (χ0) is 14.5. The third-order valence-corrected chi connectivity index (χ3v) is 3.31. The van der Waals surface area contributed by atoms with E-state index in [-0.39, 0.29) is 12.5 Å². The quantitative estimate of drug-likeness (QED) is 0.846. The van der Waals surface area contributed by atoms with Gasteiger partial charge in [-0.2, -0.15) is 0 Å². The Bertz CT molecular complexity index is 618. The molecule has 5 heteroatoms. The van der Waals surface area contributed by atoms with Gasteiger partial charge in [0, 0.05) is 30.6 Å². The molecule has 0 radical (unpaired) electrons. The van der Waals surface area contributed by atoms with Crippen molar-refractivity contribution in [2.75, 3.05) is 13.6 Å². The normalized spacial score (nSPS) is 10.7. The maximum atomic E-state index is 11.7. The van der Waals surface area contributed by atoms with Crippen molar-refractivity contribution >= 4 is 22.8 Å². The first kappa shape index (κ1) is 14.1. The molecule has 0 saturated carbocycles. The molecule has 5 nitrogen and oxygen atoms in total. The summed E-state index contributed by atoms with van der Waals surface area (Å²) in [6.07, 6.45) is 3.85. The van der Waals surface area contributed by atoms with Crippen LogP contribution in [0.4, 0.5) is 0 Å². The minimum atomic E-state index is -0.988. The molecule has 106 valence electrons. The number of nitrogens with zero attached hydrogens (tertiary/aromatic N) is 1. The van der Waals surface area contributed by atoms with Crippen LogP contribution in [0.5, 0.6) is 0 Å². The number of para-hydroxylation sites is 1. The monoisotopic (exact) mass is 274 g/mol. The fraction of sp³-hybridized carbons (Fsp3) is 0.333. The first-order chi connectivity index (χ1) is 9.58. The summed E-state index contributed by atoms with van der Waals surface area (Å²) in [5, 5.41) is 9.81. The first-order valence-electron chi connectivity index (χ1n) is 6.58. The van der Waals surface area contributed by atoms with E-state index < -0.39 is 5.97 Å². The van der Waals surface area contributed by atoms with Gasteiger partial charge in [0.05, 0.1) is 0 Å². The Morgan fingerprint density at radius 2 is 2.05 bits per heavy atom. The number of carboxylic acid groups (broad SMARTS) is 1. The summed E-state index contributed by atoms with van der Waals surface area (Å²) in [6, 6.07) is 8.04. The Labute approximate surface area is 117 Å². The van der Waals surface area contributed by atoms with Crippen LogP contribution in [0, 0.1) is 0 Å². The van der Waals surface area contributed by atoms with Gasteiger partial charge >= 0.3 is 5.97 Å². The van der Waals surface area contributed by atoms with Crippen molar-refractivity contribution < 1.29 is 14.7 Å². The molecule has 2 N–H and O–H groups in total. The summed E-state index contributed by atoms with van der Waals surface area (Å²) < 4.78 is 0. The average Bonchev–Trinajstić information content (AvgIpc) is 2.81. The summed E-state index contributed by atoms with van der Waals surface area (Å²) in [4.78, 5) is 26.7. The molecule has 20 heavy (non-hydrogen) atoms. The van der Waals surface area contributed by atoms with Gasteiger partial charge in [-0.25, -0.2) is 0 Å². The number of hydrogen-bond donors (Lipinski definition) is 2. The average molecular weight is 274 g/mol. The lowest BCUT2D eigenvalue weighted by atomic mass is 10.1. The van der Waals surface area contributed by atoms with E-state index in [0.717, 1.165) is 11.9 Å². The highest BCUT2D eigenvalue weighted by atomic mass is 16.4. The van der Waals surface area contributed by atoms with Crippen LogP contribution >= 0.6 is 0 Å². The van der Waals surface area contributed by atoms with Gasteiger partial charge in [-0.1, -0.05) is 18.2 Å². The molecule has 0 saturated heterocycles. The Morgan fingerprint density at radius 1 is 1.30 bits per heavy atom. The molecule has 0 atom stereocenters. The Kier molecular flexibility index (Phi) is 4.40. The number of aromatic nitrogens is 1. The molecule has 0 unspecified atom stereocenters. The molecule has 2 rings (SSSR count). The number of aryl methyl sites for hydroxylation is 1. The Hall–Kier alpha value is -2.30. The molecule has 0 bridgehead atoms. The van der Waals surface area contributed by atoms with Crippen LogP contribution in [0.25, 0.3) is 10.9 Å². The molecule has 1 amide bonds. The van der Waals surface area contributed by atoms with Gasteiger partial charge in [0.15, 0.2) is 0 Å².